The first kappa shape index (κ1) is 12.6. The van der Waals surface area contributed by atoms with Gasteiger partial charge in [-0.15, -0.1) is 0 Å². The number of hydrogen-bond acceptors (Lipinski definition) is 4. The number of amides is 1. The van der Waals surface area contributed by atoms with Gasteiger partial charge in [0.2, 0.25) is 0 Å². The van der Waals surface area contributed by atoms with Crippen LogP contribution in [0.3, 0.4) is 0 Å². The maximum absolute atomic E-state index is 11.8. The summed E-state index contributed by atoms with van der Waals surface area (Å²) in [6, 6.07) is 3.20. The highest BCUT2D eigenvalue weighted by molar-refractivity contribution is 6.29. The monoisotopic (exact) mass is 265 g/mol. The number of rotatable bonds is 3. The maximum atomic E-state index is 11.8. The Kier molecular flexibility index (Phi) is 3.62. The van der Waals surface area contributed by atoms with Crippen LogP contribution in [0.2, 0.25) is 5.15 Å². The Labute approximate surface area is 109 Å². The van der Waals surface area contributed by atoms with Crippen molar-refractivity contribution >= 4 is 17.5 Å². The highest BCUT2D eigenvalue weighted by Gasteiger charge is 2.11. The number of hydrogen-bond donors (Lipinski definition) is 1. The second kappa shape index (κ2) is 5.18. The van der Waals surface area contributed by atoms with Gasteiger partial charge in [-0.1, -0.05) is 16.8 Å². The lowest BCUT2D eigenvalue weighted by atomic mass is 10.2. The minimum absolute atomic E-state index is 0.209. The van der Waals surface area contributed by atoms with Gasteiger partial charge in [-0.3, -0.25) is 4.79 Å². The number of aromatic nitrogens is 2. The van der Waals surface area contributed by atoms with Crippen LogP contribution in [0, 0.1) is 13.8 Å². The molecule has 0 aliphatic rings. The van der Waals surface area contributed by atoms with Crippen molar-refractivity contribution in [2.75, 3.05) is 0 Å². The molecule has 1 N–H and O–H groups in total. The third-order valence-corrected chi connectivity index (χ3v) is 2.82. The summed E-state index contributed by atoms with van der Waals surface area (Å²) in [5.41, 5.74) is 2.14. The molecule has 5 nitrogen and oxygen atoms in total. The van der Waals surface area contributed by atoms with Gasteiger partial charge in [-0.05, 0) is 26.0 Å². The summed E-state index contributed by atoms with van der Waals surface area (Å²) in [6.45, 7) is 4.02. The molecule has 2 rings (SSSR count). The smallest absolute Gasteiger partial charge is 0.253 e. The summed E-state index contributed by atoms with van der Waals surface area (Å²) in [7, 11) is 0. The molecule has 0 aliphatic carbocycles. The number of pyridine rings is 1. The van der Waals surface area contributed by atoms with Crippen LogP contribution in [0.15, 0.2) is 22.9 Å². The van der Waals surface area contributed by atoms with E-state index >= 15 is 0 Å². The fourth-order valence-electron chi connectivity index (χ4n) is 1.54. The fourth-order valence-corrected chi connectivity index (χ4v) is 1.65. The first-order chi connectivity index (χ1) is 8.58. The second-order valence-electron chi connectivity index (χ2n) is 3.85. The summed E-state index contributed by atoms with van der Waals surface area (Å²) in [6.07, 6.45) is 1.44. The molecule has 18 heavy (non-hydrogen) atoms. The van der Waals surface area contributed by atoms with E-state index in [1.807, 2.05) is 13.8 Å². The van der Waals surface area contributed by atoms with E-state index in [0.29, 0.717) is 23.0 Å². The largest absolute Gasteiger partial charge is 0.361 e. The van der Waals surface area contributed by atoms with Crippen LogP contribution >= 0.6 is 11.6 Å². The van der Waals surface area contributed by atoms with Crippen LogP contribution in [0.4, 0.5) is 0 Å². The van der Waals surface area contributed by atoms with E-state index in [2.05, 4.69) is 15.5 Å². The van der Waals surface area contributed by atoms with Crippen molar-refractivity contribution in [3.8, 4) is 0 Å². The third kappa shape index (κ3) is 2.68. The normalized spacial score (nSPS) is 10.4. The first-order valence-electron chi connectivity index (χ1n) is 5.39. The minimum atomic E-state index is -0.209. The predicted molar refractivity (Wildman–Crippen MR) is 66.4 cm³/mol. The maximum Gasteiger partial charge on any atom is 0.253 e. The molecule has 0 saturated carbocycles. The second-order valence-corrected chi connectivity index (χ2v) is 4.24. The van der Waals surface area contributed by atoms with Crippen molar-refractivity contribution in [3.05, 3.63) is 46.1 Å². The van der Waals surface area contributed by atoms with E-state index in [-0.39, 0.29) is 5.91 Å². The average molecular weight is 266 g/mol. The molecule has 0 aromatic carbocycles. The Balaban J connectivity index is 2.03. The van der Waals surface area contributed by atoms with Crippen LogP contribution < -0.4 is 5.32 Å². The van der Waals surface area contributed by atoms with E-state index in [1.165, 1.54) is 6.20 Å². The lowest BCUT2D eigenvalue weighted by Gasteiger charge is -2.04. The topological polar surface area (TPSA) is 68.0 Å². The summed E-state index contributed by atoms with van der Waals surface area (Å²) in [5.74, 6) is 0.501. The minimum Gasteiger partial charge on any atom is -0.361 e. The third-order valence-electron chi connectivity index (χ3n) is 2.60. The van der Waals surface area contributed by atoms with Gasteiger partial charge in [0, 0.05) is 18.3 Å². The van der Waals surface area contributed by atoms with Crippen LogP contribution in [0.25, 0.3) is 0 Å². The zero-order valence-electron chi connectivity index (χ0n) is 10.0. The van der Waals surface area contributed by atoms with Crippen molar-refractivity contribution in [2.24, 2.45) is 0 Å². The molecule has 0 spiro atoms. The number of carbonyl (C=O) groups is 1. The molecule has 1 amide bonds. The molecular weight excluding hydrogens is 254 g/mol. The highest BCUT2D eigenvalue weighted by Crippen LogP contribution is 2.12. The van der Waals surface area contributed by atoms with Crippen molar-refractivity contribution < 1.29 is 9.32 Å². The standard InChI is InChI=1S/C12H12ClN3O2/c1-7-10(8(2)18-16-7)6-15-12(17)9-3-4-11(13)14-5-9/h3-5H,6H2,1-2H3,(H,15,17). The van der Waals surface area contributed by atoms with Gasteiger partial charge in [-0.2, -0.15) is 0 Å². The Morgan fingerprint density at radius 1 is 1.44 bits per heavy atom. The number of carbonyl (C=O) groups excluding carboxylic acids is 1. The first-order valence-corrected chi connectivity index (χ1v) is 5.77. The van der Waals surface area contributed by atoms with Crippen molar-refractivity contribution in [2.45, 2.75) is 20.4 Å². The number of nitrogens with one attached hydrogen (secondary N) is 1. The van der Waals surface area contributed by atoms with Gasteiger partial charge in [0.1, 0.15) is 10.9 Å². The summed E-state index contributed by atoms with van der Waals surface area (Å²) < 4.78 is 5.02. The Morgan fingerprint density at radius 2 is 2.22 bits per heavy atom. The van der Waals surface area contributed by atoms with Gasteiger partial charge >= 0.3 is 0 Å². The highest BCUT2D eigenvalue weighted by atomic mass is 35.5. The zero-order valence-corrected chi connectivity index (χ0v) is 10.8. The molecule has 2 aromatic rings. The summed E-state index contributed by atoms with van der Waals surface area (Å²) in [4.78, 5) is 15.7. The molecule has 0 unspecified atom stereocenters. The van der Waals surface area contributed by atoms with E-state index in [9.17, 15) is 4.79 Å². The molecular formula is C12H12ClN3O2. The zero-order chi connectivity index (χ0) is 13.1. The molecule has 0 atom stereocenters. The molecule has 0 saturated heterocycles. The molecule has 2 aromatic heterocycles. The molecule has 2 heterocycles. The predicted octanol–water partition coefficient (Wildman–Crippen LogP) is 2.27. The van der Waals surface area contributed by atoms with Crippen LogP contribution in [0.1, 0.15) is 27.4 Å². The van der Waals surface area contributed by atoms with Crippen molar-refractivity contribution in [3.63, 3.8) is 0 Å². The SMILES string of the molecule is Cc1noc(C)c1CNC(=O)c1ccc(Cl)nc1. The Hall–Kier alpha value is -1.88. The van der Waals surface area contributed by atoms with Gasteiger partial charge in [-0.25, -0.2) is 4.98 Å². The number of nitrogens with zero attached hydrogens (tertiary/aromatic N) is 2. The number of halogens is 1. The number of aryl methyl sites for hydroxylation is 2. The Bertz CT molecular complexity index is 544. The van der Waals surface area contributed by atoms with Crippen LogP contribution in [-0.2, 0) is 6.54 Å². The van der Waals surface area contributed by atoms with Gasteiger partial charge < -0.3 is 9.84 Å². The van der Waals surface area contributed by atoms with E-state index in [1.54, 1.807) is 12.1 Å². The lowest BCUT2D eigenvalue weighted by Crippen LogP contribution is -2.23. The van der Waals surface area contributed by atoms with Crippen molar-refractivity contribution in [1.82, 2.24) is 15.5 Å². The lowest BCUT2D eigenvalue weighted by molar-refractivity contribution is 0.0950. The summed E-state index contributed by atoms with van der Waals surface area (Å²) in [5, 5.41) is 6.96. The fraction of sp³-hybridized carbons (Fsp3) is 0.250. The summed E-state index contributed by atoms with van der Waals surface area (Å²) >= 11 is 5.65. The van der Waals surface area contributed by atoms with E-state index in [0.717, 1.165) is 11.3 Å². The van der Waals surface area contributed by atoms with Gasteiger partial charge in [0.15, 0.2) is 0 Å². The van der Waals surface area contributed by atoms with Gasteiger partial charge in [0.05, 0.1) is 11.3 Å². The van der Waals surface area contributed by atoms with E-state index < -0.39 is 0 Å². The van der Waals surface area contributed by atoms with Crippen LogP contribution in [-0.4, -0.2) is 16.0 Å². The van der Waals surface area contributed by atoms with Gasteiger partial charge in [0.25, 0.3) is 5.91 Å². The molecule has 6 heteroatoms. The molecule has 0 bridgehead atoms. The van der Waals surface area contributed by atoms with Crippen molar-refractivity contribution in [1.29, 1.82) is 0 Å². The molecule has 0 radical (unpaired) electrons. The molecule has 94 valence electrons. The van der Waals surface area contributed by atoms with Crippen LogP contribution in [0.5, 0.6) is 0 Å². The quantitative estimate of drug-likeness (QED) is 0.865. The molecule has 0 aliphatic heterocycles. The van der Waals surface area contributed by atoms with E-state index in [4.69, 9.17) is 16.1 Å². The average Bonchev–Trinajstić information content (AvgIpc) is 2.67. The Morgan fingerprint density at radius 3 is 2.78 bits per heavy atom. The molecule has 0 fully saturated rings.